The average Bonchev–Trinajstić information content (AvgIpc) is 2.33. The number of benzene rings is 1. The minimum Gasteiger partial charge on any atom is -0.330 e. The van der Waals surface area contributed by atoms with Gasteiger partial charge in [0, 0.05) is 12.0 Å². The standard InChI is InChI=1S/C13H16F3NO/c14-13(15,16)11-7-4-3-6-10(11)12(18)8-2-1-5-9-17/h3-4,6-7H,1-2,5,8-9,17H2. The molecule has 1 aromatic rings. The molecule has 0 heterocycles. The van der Waals surface area contributed by atoms with Crippen molar-refractivity contribution in [3.8, 4) is 0 Å². The van der Waals surface area contributed by atoms with Gasteiger partial charge in [-0.3, -0.25) is 4.79 Å². The molecule has 0 amide bonds. The molecule has 0 fully saturated rings. The number of hydrogen-bond acceptors (Lipinski definition) is 2. The van der Waals surface area contributed by atoms with Crippen LogP contribution >= 0.6 is 0 Å². The van der Waals surface area contributed by atoms with E-state index in [-0.39, 0.29) is 12.0 Å². The summed E-state index contributed by atoms with van der Waals surface area (Å²) in [5, 5.41) is 0. The lowest BCUT2D eigenvalue weighted by molar-refractivity contribution is -0.137. The highest BCUT2D eigenvalue weighted by Crippen LogP contribution is 2.32. The number of rotatable bonds is 6. The Morgan fingerprint density at radius 1 is 1.11 bits per heavy atom. The normalized spacial score (nSPS) is 11.6. The largest absolute Gasteiger partial charge is 0.417 e. The zero-order valence-corrected chi connectivity index (χ0v) is 9.96. The van der Waals surface area contributed by atoms with Crippen molar-refractivity contribution < 1.29 is 18.0 Å². The third kappa shape index (κ3) is 4.14. The molecule has 0 radical (unpaired) electrons. The van der Waals surface area contributed by atoms with E-state index in [4.69, 9.17) is 5.73 Å². The van der Waals surface area contributed by atoms with E-state index in [1.807, 2.05) is 0 Å². The molecule has 0 saturated carbocycles. The molecule has 100 valence electrons. The third-order valence-electron chi connectivity index (χ3n) is 2.64. The van der Waals surface area contributed by atoms with Crippen molar-refractivity contribution in [2.24, 2.45) is 5.73 Å². The maximum atomic E-state index is 12.7. The van der Waals surface area contributed by atoms with Gasteiger partial charge < -0.3 is 5.73 Å². The van der Waals surface area contributed by atoms with Gasteiger partial charge in [-0.1, -0.05) is 24.6 Å². The zero-order valence-electron chi connectivity index (χ0n) is 9.96. The van der Waals surface area contributed by atoms with Gasteiger partial charge in [-0.15, -0.1) is 0 Å². The molecule has 0 aliphatic rings. The Kier molecular flexibility index (Phi) is 5.34. The minimum absolute atomic E-state index is 0.132. The summed E-state index contributed by atoms with van der Waals surface area (Å²) in [6.07, 6.45) is -2.23. The third-order valence-corrected chi connectivity index (χ3v) is 2.64. The number of unbranched alkanes of at least 4 members (excludes halogenated alkanes) is 2. The van der Waals surface area contributed by atoms with Crippen LogP contribution < -0.4 is 5.73 Å². The molecule has 2 nitrogen and oxygen atoms in total. The molecular formula is C13H16F3NO. The van der Waals surface area contributed by atoms with Gasteiger partial charge in [0.05, 0.1) is 5.56 Å². The summed E-state index contributed by atoms with van der Waals surface area (Å²) in [5.41, 5.74) is 4.21. The molecule has 5 heteroatoms. The molecule has 0 aliphatic heterocycles. The van der Waals surface area contributed by atoms with E-state index in [1.165, 1.54) is 18.2 Å². The Balaban J connectivity index is 2.74. The molecule has 2 N–H and O–H groups in total. The van der Waals surface area contributed by atoms with Crippen molar-refractivity contribution in [1.82, 2.24) is 0 Å². The average molecular weight is 259 g/mol. The van der Waals surface area contributed by atoms with Crippen molar-refractivity contribution in [2.45, 2.75) is 31.9 Å². The van der Waals surface area contributed by atoms with E-state index < -0.39 is 17.5 Å². The zero-order chi connectivity index (χ0) is 13.6. The fraction of sp³-hybridized carbons (Fsp3) is 0.462. The Bertz CT molecular complexity index is 401. The van der Waals surface area contributed by atoms with E-state index in [0.717, 1.165) is 18.9 Å². The first-order chi connectivity index (χ1) is 8.46. The predicted molar refractivity (Wildman–Crippen MR) is 63.3 cm³/mol. The first kappa shape index (κ1) is 14.7. The second kappa shape index (κ2) is 6.54. The van der Waals surface area contributed by atoms with Gasteiger partial charge in [-0.05, 0) is 25.5 Å². The van der Waals surface area contributed by atoms with Gasteiger partial charge in [0.1, 0.15) is 0 Å². The summed E-state index contributed by atoms with van der Waals surface area (Å²) in [5.74, 6) is -0.458. The summed E-state index contributed by atoms with van der Waals surface area (Å²) in [6, 6.07) is 4.90. The molecule has 18 heavy (non-hydrogen) atoms. The smallest absolute Gasteiger partial charge is 0.330 e. The van der Waals surface area contributed by atoms with Crippen molar-refractivity contribution in [3.63, 3.8) is 0 Å². The van der Waals surface area contributed by atoms with Crippen LogP contribution in [0.5, 0.6) is 0 Å². The number of carbonyl (C=O) groups excluding carboxylic acids is 1. The summed E-state index contributed by atoms with van der Waals surface area (Å²) in [6.45, 7) is 0.535. The van der Waals surface area contributed by atoms with E-state index in [1.54, 1.807) is 0 Å². The Morgan fingerprint density at radius 3 is 2.39 bits per heavy atom. The van der Waals surface area contributed by atoms with Gasteiger partial charge in [0.25, 0.3) is 0 Å². The number of Topliss-reactive ketones (excluding diaryl/α,β-unsaturated/α-hetero) is 1. The highest BCUT2D eigenvalue weighted by atomic mass is 19.4. The molecule has 1 aromatic carbocycles. The van der Waals surface area contributed by atoms with Crippen molar-refractivity contribution in [1.29, 1.82) is 0 Å². The quantitative estimate of drug-likeness (QED) is 0.628. The Morgan fingerprint density at radius 2 is 1.78 bits per heavy atom. The van der Waals surface area contributed by atoms with Crippen LogP contribution in [0.1, 0.15) is 41.6 Å². The number of carbonyl (C=O) groups is 1. The lowest BCUT2D eigenvalue weighted by Gasteiger charge is -2.11. The van der Waals surface area contributed by atoms with Crippen LogP contribution in [0.3, 0.4) is 0 Å². The minimum atomic E-state index is -4.48. The monoisotopic (exact) mass is 259 g/mol. The second-order valence-electron chi connectivity index (χ2n) is 4.07. The molecule has 0 unspecified atom stereocenters. The van der Waals surface area contributed by atoms with Crippen LogP contribution in [0.25, 0.3) is 0 Å². The maximum absolute atomic E-state index is 12.7. The van der Waals surface area contributed by atoms with Crippen molar-refractivity contribution in [2.75, 3.05) is 6.54 Å². The first-order valence-corrected chi connectivity index (χ1v) is 5.86. The molecular weight excluding hydrogens is 243 g/mol. The Hall–Kier alpha value is -1.36. The van der Waals surface area contributed by atoms with E-state index in [2.05, 4.69) is 0 Å². The summed E-state index contributed by atoms with van der Waals surface area (Å²) in [4.78, 5) is 11.7. The van der Waals surface area contributed by atoms with Gasteiger partial charge in [0.15, 0.2) is 5.78 Å². The molecule has 0 bridgehead atoms. The van der Waals surface area contributed by atoms with Gasteiger partial charge in [-0.2, -0.15) is 13.2 Å². The van der Waals surface area contributed by atoms with Crippen molar-refractivity contribution >= 4 is 5.78 Å². The highest BCUT2D eigenvalue weighted by Gasteiger charge is 2.34. The molecule has 0 spiro atoms. The van der Waals surface area contributed by atoms with E-state index in [9.17, 15) is 18.0 Å². The number of alkyl halides is 3. The van der Waals surface area contributed by atoms with Crippen molar-refractivity contribution in [3.05, 3.63) is 35.4 Å². The maximum Gasteiger partial charge on any atom is 0.417 e. The topological polar surface area (TPSA) is 43.1 Å². The van der Waals surface area contributed by atoms with Crippen LogP contribution in [-0.4, -0.2) is 12.3 Å². The van der Waals surface area contributed by atoms with Gasteiger partial charge >= 0.3 is 6.18 Å². The lowest BCUT2D eigenvalue weighted by atomic mass is 9.99. The predicted octanol–water partition coefficient (Wildman–Crippen LogP) is 3.41. The Labute approximate surface area is 104 Å². The van der Waals surface area contributed by atoms with Crippen LogP contribution in [0.4, 0.5) is 13.2 Å². The summed E-state index contributed by atoms with van der Waals surface area (Å²) in [7, 11) is 0. The summed E-state index contributed by atoms with van der Waals surface area (Å²) < 4.78 is 38.0. The lowest BCUT2D eigenvalue weighted by Crippen LogP contribution is -2.13. The van der Waals surface area contributed by atoms with Crippen LogP contribution in [0, 0.1) is 0 Å². The molecule has 0 atom stereocenters. The fourth-order valence-electron chi connectivity index (χ4n) is 1.71. The molecule has 0 saturated heterocycles. The summed E-state index contributed by atoms with van der Waals surface area (Å²) >= 11 is 0. The first-order valence-electron chi connectivity index (χ1n) is 5.86. The SMILES string of the molecule is NCCCCCC(=O)c1ccccc1C(F)(F)F. The number of halogens is 3. The van der Waals surface area contributed by atoms with E-state index >= 15 is 0 Å². The molecule has 1 rings (SSSR count). The van der Waals surface area contributed by atoms with Crippen LogP contribution in [-0.2, 0) is 6.18 Å². The van der Waals surface area contributed by atoms with Crippen LogP contribution in [0.15, 0.2) is 24.3 Å². The number of nitrogens with two attached hydrogens (primary N) is 1. The second-order valence-corrected chi connectivity index (χ2v) is 4.07. The highest BCUT2D eigenvalue weighted by molar-refractivity contribution is 5.97. The van der Waals surface area contributed by atoms with Gasteiger partial charge in [0.2, 0.25) is 0 Å². The fourth-order valence-corrected chi connectivity index (χ4v) is 1.71. The number of hydrogen-bond donors (Lipinski definition) is 1. The molecule has 0 aromatic heterocycles. The number of ketones is 1. The van der Waals surface area contributed by atoms with E-state index in [0.29, 0.717) is 13.0 Å². The molecule has 0 aliphatic carbocycles. The van der Waals surface area contributed by atoms with Gasteiger partial charge in [-0.25, -0.2) is 0 Å². The van der Waals surface area contributed by atoms with Crippen LogP contribution in [0.2, 0.25) is 0 Å².